The topological polar surface area (TPSA) is 75.6 Å². The molecule has 5 heteroatoms. The average molecular weight is 289 g/mol. The molecule has 2 N–H and O–H groups in total. The van der Waals surface area contributed by atoms with Gasteiger partial charge in [-0.05, 0) is 49.3 Å². The Hall–Kier alpha value is -2.04. The van der Waals surface area contributed by atoms with Gasteiger partial charge in [-0.3, -0.25) is 4.79 Å². The standard InChI is InChI=1S/C16H19NO4/c1-21-11-4-5-14(13(8-11)16(19)20)17-15(18)12-7-9-2-3-10(12)6-9/h4-5,8-10,12H,2-3,6-7H2,1H3,(H,17,18)(H,19,20). The molecule has 0 saturated heterocycles. The maximum Gasteiger partial charge on any atom is 0.337 e. The van der Waals surface area contributed by atoms with Gasteiger partial charge < -0.3 is 15.2 Å². The molecule has 0 radical (unpaired) electrons. The molecule has 1 aromatic carbocycles. The maximum atomic E-state index is 12.4. The minimum atomic E-state index is -1.07. The van der Waals surface area contributed by atoms with Crippen LogP contribution < -0.4 is 10.1 Å². The normalized spacial score (nSPS) is 26.6. The highest BCUT2D eigenvalue weighted by molar-refractivity contribution is 6.01. The van der Waals surface area contributed by atoms with E-state index in [0.717, 1.165) is 19.3 Å². The molecule has 21 heavy (non-hydrogen) atoms. The Morgan fingerprint density at radius 2 is 2.10 bits per heavy atom. The minimum Gasteiger partial charge on any atom is -0.497 e. The van der Waals surface area contributed by atoms with Crippen molar-refractivity contribution in [1.29, 1.82) is 0 Å². The summed E-state index contributed by atoms with van der Waals surface area (Å²) in [6.45, 7) is 0. The van der Waals surface area contributed by atoms with Crippen LogP contribution in [0.1, 0.15) is 36.0 Å². The number of aromatic carboxylic acids is 1. The fourth-order valence-corrected chi connectivity index (χ4v) is 3.73. The van der Waals surface area contributed by atoms with E-state index in [1.807, 2.05) is 0 Å². The van der Waals surface area contributed by atoms with Gasteiger partial charge in [0, 0.05) is 5.92 Å². The summed E-state index contributed by atoms with van der Waals surface area (Å²) >= 11 is 0. The Labute approximate surface area is 123 Å². The fraction of sp³-hybridized carbons (Fsp3) is 0.500. The lowest BCUT2D eigenvalue weighted by Crippen LogP contribution is -2.27. The molecule has 2 saturated carbocycles. The third kappa shape index (κ3) is 2.60. The van der Waals surface area contributed by atoms with Crippen LogP contribution >= 0.6 is 0 Å². The number of fused-ring (bicyclic) bond motifs is 2. The van der Waals surface area contributed by atoms with E-state index < -0.39 is 5.97 Å². The second-order valence-electron chi connectivity index (χ2n) is 5.99. The molecule has 0 aromatic heterocycles. The van der Waals surface area contributed by atoms with Crippen molar-refractivity contribution in [2.24, 2.45) is 17.8 Å². The maximum absolute atomic E-state index is 12.4. The highest BCUT2D eigenvalue weighted by atomic mass is 16.5. The Morgan fingerprint density at radius 1 is 1.29 bits per heavy atom. The quantitative estimate of drug-likeness (QED) is 0.893. The van der Waals surface area contributed by atoms with E-state index in [2.05, 4.69) is 5.32 Å². The number of benzene rings is 1. The van der Waals surface area contributed by atoms with Gasteiger partial charge in [0.25, 0.3) is 0 Å². The second kappa shape index (κ2) is 5.39. The summed E-state index contributed by atoms with van der Waals surface area (Å²) in [5, 5.41) is 12.1. The Kier molecular flexibility index (Phi) is 3.57. The number of carbonyl (C=O) groups is 2. The van der Waals surface area contributed by atoms with Gasteiger partial charge >= 0.3 is 5.97 Å². The van der Waals surface area contributed by atoms with Crippen LogP contribution in [0.2, 0.25) is 0 Å². The molecule has 1 aromatic rings. The van der Waals surface area contributed by atoms with Crippen molar-refractivity contribution in [2.45, 2.75) is 25.7 Å². The van der Waals surface area contributed by atoms with Gasteiger partial charge in [0.15, 0.2) is 0 Å². The number of rotatable bonds is 4. The summed E-state index contributed by atoms with van der Waals surface area (Å²) in [5.74, 6) is 0.534. The van der Waals surface area contributed by atoms with Gasteiger partial charge in [0.05, 0.1) is 18.4 Å². The van der Waals surface area contributed by atoms with Crippen molar-refractivity contribution in [3.8, 4) is 5.75 Å². The van der Waals surface area contributed by atoms with Crippen molar-refractivity contribution >= 4 is 17.6 Å². The molecule has 2 fully saturated rings. The second-order valence-corrected chi connectivity index (χ2v) is 5.99. The smallest absolute Gasteiger partial charge is 0.337 e. The Balaban J connectivity index is 1.78. The number of methoxy groups -OCH3 is 1. The summed E-state index contributed by atoms with van der Waals surface area (Å²) in [7, 11) is 1.48. The fourth-order valence-electron chi connectivity index (χ4n) is 3.73. The predicted molar refractivity (Wildman–Crippen MR) is 77.5 cm³/mol. The lowest BCUT2D eigenvalue weighted by molar-refractivity contribution is -0.121. The first-order chi connectivity index (χ1) is 10.1. The van der Waals surface area contributed by atoms with Crippen LogP contribution in [0.25, 0.3) is 0 Å². The molecule has 2 aliphatic rings. The van der Waals surface area contributed by atoms with E-state index in [-0.39, 0.29) is 17.4 Å². The monoisotopic (exact) mass is 289 g/mol. The number of carbonyl (C=O) groups excluding carboxylic acids is 1. The number of nitrogens with one attached hydrogen (secondary N) is 1. The molecule has 1 amide bonds. The van der Waals surface area contributed by atoms with Crippen molar-refractivity contribution in [3.63, 3.8) is 0 Å². The molecular formula is C16H19NO4. The molecule has 2 bridgehead atoms. The number of carboxylic acid groups (broad SMARTS) is 1. The molecule has 0 aliphatic heterocycles. The van der Waals surface area contributed by atoms with E-state index in [9.17, 15) is 14.7 Å². The number of hydrogen-bond acceptors (Lipinski definition) is 3. The molecule has 3 atom stereocenters. The van der Waals surface area contributed by atoms with Crippen LogP contribution in [0.4, 0.5) is 5.69 Å². The van der Waals surface area contributed by atoms with Crippen LogP contribution in [0.3, 0.4) is 0 Å². The zero-order chi connectivity index (χ0) is 15.0. The van der Waals surface area contributed by atoms with Gasteiger partial charge in [0.2, 0.25) is 5.91 Å². The van der Waals surface area contributed by atoms with Crippen LogP contribution in [0, 0.1) is 17.8 Å². The molecule has 3 unspecified atom stereocenters. The average Bonchev–Trinajstić information content (AvgIpc) is 3.10. The third-order valence-corrected chi connectivity index (χ3v) is 4.79. The van der Waals surface area contributed by atoms with E-state index in [4.69, 9.17) is 4.74 Å². The molecule has 5 nitrogen and oxygen atoms in total. The lowest BCUT2D eigenvalue weighted by Gasteiger charge is -2.21. The summed E-state index contributed by atoms with van der Waals surface area (Å²) in [6.07, 6.45) is 4.44. The van der Waals surface area contributed by atoms with Gasteiger partial charge in [-0.2, -0.15) is 0 Å². The number of carboxylic acids is 1. The van der Waals surface area contributed by atoms with E-state index in [1.165, 1.54) is 19.6 Å². The predicted octanol–water partition coefficient (Wildman–Crippen LogP) is 2.77. The summed E-state index contributed by atoms with van der Waals surface area (Å²) in [4.78, 5) is 23.7. The van der Waals surface area contributed by atoms with Crippen LogP contribution in [0.5, 0.6) is 5.75 Å². The van der Waals surface area contributed by atoms with Crippen LogP contribution in [-0.2, 0) is 4.79 Å². The molecule has 2 aliphatic carbocycles. The summed E-state index contributed by atoms with van der Waals surface area (Å²) in [6, 6.07) is 4.68. The first kappa shape index (κ1) is 13.9. The first-order valence-electron chi connectivity index (χ1n) is 7.30. The number of anilines is 1. The Morgan fingerprint density at radius 3 is 2.67 bits per heavy atom. The third-order valence-electron chi connectivity index (χ3n) is 4.79. The largest absolute Gasteiger partial charge is 0.497 e. The highest BCUT2D eigenvalue weighted by Gasteiger charge is 2.43. The van der Waals surface area contributed by atoms with Crippen molar-refractivity contribution in [2.75, 3.05) is 12.4 Å². The van der Waals surface area contributed by atoms with E-state index in [1.54, 1.807) is 12.1 Å². The van der Waals surface area contributed by atoms with Gasteiger partial charge in [0.1, 0.15) is 5.75 Å². The van der Waals surface area contributed by atoms with Crippen molar-refractivity contribution in [1.82, 2.24) is 0 Å². The summed E-state index contributed by atoms with van der Waals surface area (Å²) < 4.78 is 5.03. The zero-order valence-electron chi connectivity index (χ0n) is 12.0. The van der Waals surface area contributed by atoms with Gasteiger partial charge in [-0.15, -0.1) is 0 Å². The highest BCUT2D eigenvalue weighted by Crippen LogP contribution is 2.48. The van der Waals surface area contributed by atoms with Gasteiger partial charge in [-0.1, -0.05) is 6.42 Å². The van der Waals surface area contributed by atoms with Crippen LogP contribution in [-0.4, -0.2) is 24.1 Å². The SMILES string of the molecule is COc1ccc(NC(=O)C2CC3CCC2C3)c(C(=O)O)c1. The molecular weight excluding hydrogens is 270 g/mol. The molecule has 3 rings (SSSR count). The van der Waals surface area contributed by atoms with E-state index >= 15 is 0 Å². The molecule has 0 heterocycles. The van der Waals surface area contributed by atoms with Crippen LogP contribution in [0.15, 0.2) is 18.2 Å². The number of amides is 1. The minimum absolute atomic E-state index is 0.0347. The zero-order valence-corrected chi connectivity index (χ0v) is 12.0. The summed E-state index contributed by atoms with van der Waals surface area (Å²) in [5.41, 5.74) is 0.405. The molecule has 0 spiro atoms. The number of ether oxygens (including phenoxy) is 1. The number of hydrogen-bond donors (Lipinski definition) is 2. The molecule has 112 valence electrons. The van der Waals surface area contributed by atoms with Crippen molar-refractivity contribution < 1.29 is 19.4 Å². The van der Waals surface area contributed by atoms with E-state index in [0.29, 0.717) is 23.3 Å². The Bertz CT molecular complexity index is 584. The van der Waals surface area contributed by atoms with Gasteiger partial charge in [-0.25, -0.2) is 4.79 Å². The van der Waals surface area contributed by atoms with Crippen molar-refractivity contribution in [3.05, 3.63) is 23.8 Å². The first-order valence-corrected chi connectivity index (χ1v) is 7.30. The lowest BCUT2D eigenvalue weighted by atomic mass is 9.88.